The van der Waals surface area contributed by atoms with Gasteiger partial charge in [0.25, 0.3) is 5.91 Å². The Bertz CT molecular complexity index is 620. The lowest BCUT2D eigenvalue weighted by Crippen LogP contribution is -2.44. The molecule has 2 aromatic rings. The van der Waals surface area contributed by atoms with Gasteiger partial charge in [0.1, 0.15) is 5.69 Å². The van der Waals surface area contributed by atoms with Gasteiger partial charge in [0.15, 0.2) is 0 Å². The summed E-state index contributed by atoms with van der Waals surface area (Å²) in [6.07, 6.45) is 9.11. The fraction of sp³-hybridized carbons (Fsp3) is 0.444. The molecule has 116 valence electrons. The highest BCUT2D eigenvalue weighted by molar-refractivity contribution is 5.93. The van der Waals surface area contributed by atoms with E-state index in [-0.39, 0.29) is 5.91 Å². The average Bonchev–Trinajstić information content (AvgIpc) is 2.99. The van der Waals surface area contributed by atoms with Crippen LogP contribution in [0.1, 0.15) is 41.9 Å². The summed E-state index contributed by atoms with van der Waals surface area (Å²) in [5.74, 6) is 0.165. The van der Waals surface area contributed by atoms with Crippen molar-refractivity contribution in [1.29, 1.82) is 0 Å². The second-order valence-corrected chi connectivity index (χ2v) is 6.01. The molecule has 4 nitrogen and oxygen atoms in total. The molecule has 1 fully saturated rings. The summed E-state index contributed by atoms with van der Waals surface area (Å²) in [5, 5.41) is 0. The fourth-order valence-electron chi connectivity index (χ4n) is 3.26. The van der Waals surface area contributed by atoms with Crippen molar-refractivity contribution in [3.8, 4) is 0 Å². The Balaban J connectivity index is 1.69. The lowest BCUT2D eigenvalue weighted by atomic mass is 9.96. The van der Waals surface area contributed by atoms with Gasteiger partial charge in [-0.3, -0.25) is 9.78 Å². The standard InChI is InChI=1S/C18H23N3O/c1-20-13-6-9-17(20)18(22)21-14-5-3-8-16(21)11-10-15-7-2-4-12-19-15/h2,4,6-7,9,12-13,16H,3,5,8,10-11,14H2,1H3/t16-/m1/s1. The van der Waals surface area contributed by atoms with Crippen LogP contribution >= 0.6 is 0 Å². The number of likely N-dealkylation sites (tertiary alicyclic amines) is 1. The van der Waals surface area contributed by atoms with Crippen LogP contribution in [0.3, 0.4) is 0 Å². The predicted molar refractivity (Wildman–Crippen MR) is 86.6 cm³/mol. The van der Waals surface area contributed by atoms with Gasteiger partial charge < -0.3 is 9.47 Å². The maximum Gasteiger partial charge on any atom is 0.270 e. The summed E-state index contributed by atoms with van der Waals surface area (Å²) in [5.41, 5.74) is 1.89. The Kier molecular flexibility index (Phi) is 4.56. The molecule has 0 unspecified atom stereocenters. The van der Waals surface area contributed by atoms with Crippen LogP contribution < -0.4 is 0 Å². The van der Waals surface area contributed by atoms with Gasteiger partial charge in [-0.25, -0.2) is 0 Å². The zero-order valence-electron chi connectivity index (χ0n) is 13.1. The number of carbonyl (C=O) groups is 1. The number of carbonyl (C=O) groups excluding carboxylic acids is 1. The molecule has 0 aromatic carbocycles. The van der Waals surface area contributed by atoms with E-state index in [0.29, 0.717) is 6.04 Å². The second-order valence-electron chi connectivity index (χ2n) is 6.01. The van der Waals surface area contributed by atoms with Crippen LogP contribution in [-0.4, -0.2) is 32.9 Å². The number of hydrogen-bond donors (Lipinski definition) is 0. The minimum absolute atomic E-state index is 0.165. The lowest BCUT2D eigenvalue weighted by molar-refractivity contribution is 0.0592. The van der Waals surface area contributed by atoms with Gasteiger partial charge in [0.05, 0.1) is 0 Å². The Labute approximate surface area is 131 Å². The predicted octanol–water partition coefficient (Wildman–Crippen LogP) is 3.05. The molecule has 1 atom stereocenters. The molecule has 22 heavy (non-hydrogen) atoms. The molecule has 3 heterocycles. The molecule has 0 aliphatic carbocycles. The van der Waals surface area contributed by atoms with Crippen molar-refractivity contribution in [2.75, 3.05) is 6.54 Å². The van der Waals surface area contributed by atoms with Gasteiger partial charge in [-0.2, -0.15) is 0 Å². The summed E-state index contributed by atoms with van der Waals surface area (Å²) >= 11 is 0. The average molecular weight is 297 g/mol. The highest BCUT2D eigenvalue weighted by atomic mass is 16.2. The number of aryl methyl sites for hydroxylation is 2. The summed E-state index contributed by atoms with van der Waals surface area (Å²) in [7, 11) is 1.93. The minimum atomic E-state index is 0.165. The van der Waals surface area contributed by atoms with Crippen molar-refractivity contribution in [1.82, 2.24) is 14.5 Å². The van der Waals surface area contributed by atoms with Crippen LogP contribution in [0.2, 0.25) is 0 Å². The van der Waals surface area contributed by atoms with Gasteiger partial charge in [0, 0.05) is 37.7 Å². The Hall–Kier alpha value is -2.10. The molecule has 0 N–H and O–H groups in total. The van der Waals surface area contributed by atoms with E-state index in [4.69, 9.17) is 0 Å². The van der Waals surface area contributed by atoms with Gasteiger partial charge in [0.2, 0.25) is 0 Å². The molecule has 0 bridgehead atoms. The quantitative estimate of drug-likeness (QED) is 0.870. The first-order chi connectivity index (χ1) is 10.8. The van der Waals surface area contributed by atoms with Crippen molar-refractivity contribution in [3.63, 3.8) is 0 Å². The van der Waals surface area contributed by atoms with Gasteiger partial charge in [-0.05, 0) is 56.4 Å². The summed E-state index contributed by atoms with van der Waals surface area (Å²) in [4.78, 5) is 19.3. The van der Waals surface area contributed by atoms with E-state index in [0.717, 1.165) is 43.6 Å². The number of amides is 1. The monoisotopic (exact) mass is 297 g/mol. The van der Waals surface area contributed by atoms with Crippen LogP contribution in [0.15, 0.2) is 42.7 Å². The van der Waals surface area contributed by atoms with E-state index in [1.807, 2.05) is 48.3 Å². The third kappa shape index (κ3) is 3.21. The molecule has 1 aliphatic heterocycles. The second kappa shape index (κ2) is 6.77. The number of aromatic nitrogens is 2. The van der Waals surface area contributed by atoms with E-state index < -0.39 is 0 Å². The molecule has 0 radical (unpaired) electrons. The molecule has 1 aliphatic rings. The highest BCUT2D eigenvalue weighted by Gasteiger charge is 2.28. The first kappa shape index (κ1) is 14.8. The first-order valence-electron chi connectivity index (χ1n) is 8.08. The molecular weight excluding hydrogens is 274 g/mol. The maximum absolute atomic E-state index is 12.8. The molecule has 1 saturated heterocycles. The van der Waals surface area contributed by atoms with E-state index in [2.05, 4.69) is 16.0 Å². The molecule has 4 heteroatoms. The number of nitrogens with zero attached hydrogens (tertiary/aromatic N) is 3. The fourth-order valence-corrected chi connectivity index (χ4v) is 3.26. The van der Waals surface area contributed by atoms with Crippen molar-refractivity contribution in [2.24, 2.45) is 7.05 Å². The summed E-state index contributed by atoms with van der Waals surface area (Å²) in [6.45, 7) is 0.872. The topological polar surface area (TPSA) is 38.1 Å². The van der Waals surface area contributed by atoms with E-state index in [1.54, 1.807) is 0 Å². The molecule has 1 amide bonds. The van der Waals surface area contributed by atoms with Gasteiger partial charge >= 0.3 is 0 Å². The first-order valence-corrected chi connectivity index (χ1v) is 8.08. The molecule has 2 aromatic heterocycles. The van der Waals surface area contributed by atoms with E-state index >= 15 is 0 Å². The number of piperidine rings is 1. The minimum Gasteiger partial charge on any atom is -0.347 e. The molecular formula is C18H23N3O. The largest absolute Gasteiger partial charge is 0.347 e. The molecule has 0 saturated carbocycles. The van der Waals surface area contributed by atoms with E-state index in [1.165, 1.54) is 6.42 Å². The molecule has 0 spiro atoms. The van der Waals surface area contributed by atoms with Crippen LogP contribution in [0.25, 0.3) is 0 Å². The maximum atomic E-state index is 12.8. The Morgan fingerprint density at radius 3 is 2.91 bits per heavy atom. The zero-order chi connectivity index (χ0) is 15.4. The third-order valence-electron chi connectivity index (χ3n) is 4.51. The SMILES string of the molecule is Cn1cccc1C(=O)N1CCCC[C@@H]1CCc1ccccn1. The van der Waals surface area contributed by atoms with Crippen LogP contribution in [0, 0.1) is 0 Å². The smallest absolute Gasteiger partial charge is 0.270 e. The number of hydrogen-bond acceptors (Lipinski definition) is 2. The van der Waals surface area contributed by atoms with Crippen molar-refractivity contribution in [2.45, 2.75) is 38.1 Å². The number of rotatable bonds is 4. The van der Waals surface area contributed by atoms with Crippen molar-refractivity contribution >= 4 is 5.91 Å². The number of pyridine rings is 1. The van der Waals surface area contributed by atoms with Gasteiger partial charge in [-0.1, -0.05) is 6.07 Å². The van der Waals surface area contributed by atoms with Crippen LogP contribution in [-0.2, 0) is 13.5 Å². The normalized spacial score (nSPS) is 18.4. The third-order valence-corrected chi connectivity index (χ3v) is 4.51. The van der Waals surface area contributed by atoms with Crippen LogP contribution in [0.5, 0.6) is 0 Å². The van der Waals surface area contributed by atoms with Crippen LogP contribution in [0.4, 0.5) is 0 Å². The summed E-state index contributed by atoms with van der Waals surface area (Å²) in [6, 6.07) is 10.2. The van der Waals surface area contributed by atoms with E-state index in [9.17, 15) is 4.79 Å². The molecule has 3 rings (SSSR count). The zero-order valence-corrected chi connectivity index (χ0v) is 13.1. The van der Waals surface area contributed by atoms with Gasteiger partial charge in [-0.15, -0.1) is 0 Å². The highest BCUT2D eigenvalue weighted by Crippen LogP contribution is 2.23. The lowest BCUT2D eigenvalue weighted by Gasteiger charge is -2.36. The van der Waals surface area contributed by atoms with Crippen molar-refractivity contribution < 1.29 is 4.79 Å². The Morgan fingerprint density at radius 2 is 2.18 bits per heavy atom. The van der Waals surface area contributed by atoms with Crippen molar-refractivity contribution in [3.05, 3.63) is 54.1 Å². The summed E-state index contributed by atoms with van der Waals surface area (Å²) < 4.78 is 1.91. The Morgan fingerprint density at radius 1 is 1.27 bits per heavy atom.